The van der Waals surface area contributed by atoms with Crippen molar-refractivity contribution in [3.63, 3.8) is 0 Å². The molecule has 1 fully saturated rings. The average molecular weight is 500 g/mol. The normalized spacial score (nSPS) is 17.9. The van der Waals surface area contributed by atoms with Gasteiger partial charge < -0.3 is 14.2 Å². The van der Waals surface area contributed by atoms with Gasteiger partial charge in [-0.15, -0.1) is 0 Å². The molecule has 0 atom stereocenters. The van der Waals surface area contributed by atoms with E-state index in [4.69, 9.17) is 14.2 Å². The molecule has 0 N–H and O–H groups in total. The lowest BCUT2D eigenvalue weighted by Crippen LogP contribution is -2.33. The molecule has 6 nitrogen and oxygen atoms in total. The third-order valence-electron chi connectivity index (χ3n) is 6.96. The summed E-state index contributed by atoms with van der Waals surface area (Å²) in [4.78, 5) is 9.29. The van der Waals surface area contributed by atoms with Gasteiger partial charge in [0.05, 0.1) is 45.3 Å². The second-order valence-corrected chi connectivity index (χ2v) is 9.51. The van der Waals surface area contributed by atoms with Crippen LogP contribution in [0.25, 0.3) is 21.5 Å². The van der Waals surface area contributed by atoms with Gasteiger partial charge in [-0.1, -0.05) is 54.6 Å². The van der Waals surface area contributed by atoms with E-state index in [0.717, 1.165) is 45.0 Å². The van der Waals surface area contributed by atoms with Crippen molar-refractivity contribution < 1.29 is 14.2 Å². The summed E-state index contributed by atoms with van der Waals surface area (Å²) in [5.41, 5.74) is 2.44. The molecule has 2 heterocycles. The van der Waals surface area contributed by atoms with Gasteiger partial charge in [-0.25, -0.2) is 0 Å². The van der Waals surface area contributed by atoms with Crippen molar-refractivity contribution >= 4 is 21.5 Å². The number of aromatic nitrogens is 1. The van der Waals surface area contributed by atoms with E-state index in [2.05, 4.69) is 75.4 Å². The van der Waals surface area contributed by atoms with Crippen LogP contribution in [0.2, 0.25) is 0 Å². The van der Waals surface area contributed by atoms with E-state index in [1.165, 1.54) is 27.1 Å². The van der Waals surface area contributed by atoms with Crippen LogP contribution in [0.5, 0.6) is 0 Å². The first-order valence-electron chi connectivity index (χ1n) is 13.3. The van der Waals surface area contributed by atoms with Gasteiger partial charge in [0.2, 0.25) is 0 Å². The Balaban J connectivity index is 1.27. The van der Waals surface area contributed by atoms with Crippen molar-refractivity contribution in [1.29, 1.82) is 0 Å². The van der Waals surface area contributed by atoms with Crippen molar-refractivity contribution in [2.45, 2.75) is 13.1 Å². The highest BCUT2D eigenvalue weighted by atomic mass is 16.5. The Morgan fingerprint density at radius 2 is 1.08 bits per heavy atom. The summed E-state index contributed by atoms with van der Waals surface area (Å²) in [5, 5.41) is 5.20. The van der Waals surface area contributed by atoms with Gasteiger partial charge in [0.15, 0.2) is 0 Å². The monoisotopic (exact) mass is 499 g/mol. The molecule has 1 saturated heterocycles. The van der Waals surface area contributed by atoms with E-state index in [9.17, 15) is 0 Å². The number of hydrogen-bond acceptors (Lipinski definition) is 6. The fraction of sp³-hybridized carbons (Fsp3) is 0.387. The molecule has 1 aliphatic heterocycles. The molecule has 0 spiro atoms. The summed E-state index contributed by atoms with van der Waals surface area (Å²) >= 11 is 0. The van der Waals surface area contributed by atoms with E-state index < -0.39 is 0 Å². The number of rotatable bonds is 4. The molecule has 3 aromatic carbocycles. The smallest absolute Gasteiger partial charge is 0.0701 e. The van der Waals surface area contributed by atoms with Gasteiger partial charge in [0.1, 0.15) is 0 Å². The molecule has 0 amide bonds. The zero-order valence-electron chi connectivity index (χ0n) is 21.6. The van der Waals surface area contributed by atoms with Crippen LogP contribution in [0.1, 0.15) is 11.3 Å². The summed E-state index contributed by atoms with van der Waals surface area (Å²) in [6.45, 7) is 9.03. The number of nitrogens with zero attached hydrogens (tertiary/aromatic N) is 3. The van der Waals surface area contributed by atoms with Crippen LogP contribution in [-0.2, 0) is 27.3 Å². The number of pyridine rings is 1. The molecular formula is C31H37N3O3. The Labute approximate surface area is 219 Å². The van der Waals surface area contributed by atoms with Crippen molar-refractivity contribution in [3.8, 4) is 0 Å². The quantitative estimate of drug-likeness (QED) is 0.378. The average Bonchev–Trinajstić information content (AvgIpc) is 2.94. The topological polar surface area (TPSA) is 47.1 Å². The molecule has 0 bridgehead atoms. The Bertz CT molecular complexity index is 1200. The van der Waals surface area contributed by atoms with Crippen LogP contribution in [0.4, 0.5) is 0 Å². The minimum absolute atomic E-state index is 0.613. The second-order valence-electron chi connectivity index (χ2n) is 9.51. The minimum atomic E-state index is 0.613. The van der Waals surface area contributed by atoms with Crippen molar-refractivity contribution in [3.05, 3.63) is 90.3 Å². The van der Waals surface area contributed by atoms with Crippen LogP contribution in [-0.4, -0.2) is 80.6 Å². The molecule has 0 unspecified atom stereocenters. The van der Waals surface area contributed by atoms with Crippen LogP contribution < -0.4 is 0 Å². The zero-order chi connectivity index (χ0) is 25.1. The summed E-state index contributed by atoms with van der Waals surface area (Å²) in [6.07, 6.45) is 1.85. The number of benzene rings is 3. The first-order valence-corrected chi connectivity index (χ1v) is 13.3. The van der Waals surface area contributed by atoms with E-state index in [1.54, 1.807) is 0 Å². The predicted molar refractivity (Wildman–Crippen MR) is 149 cm³/mol. The second kappa shape index (κ2) is 13.6. The molecule has 0 radical (unpaired) electrons. The molecule has 0 saturated carbocycles. The lowest BCUT2D eigenvalue weighted by atomic mass is 9.96. The van der Waals surface area contributed by atoms with Gasteiger partial charge in [-0.05, 0) is 45.3 Å². The first-order chi connectivity index (χ1) is 18.4. The molecule has 6 heteroatoms. The Morgan fingerprint density at radius 3 is 1.65 bits per heavy atom. The van der Waals surface area contributed by atoms with Crippen molar-refractivity contribution in [1.82, 2.24) is 14.8 Å². The van der Waals surface area contributed by atoms with Gasteiger partial charge in [-0.3, -0.25) is 14.8 Å². The Hall–Kier alpha value is -2.87. The van der Waals surface area contributed by atoms with Crippen LogP contribution in [0.3, 0.4) is 0 Å². The van der Waals surface area contributed by atoms with E-state index in [0.29, 0.717) is 39.6 Å². The molecule has 5 rings (SSSR count). The lowest BCUT2D eigenvalue weighted by Gasteiger charge is -2.25. The molecule has 1 aromatic heterocycles. The van der Waals surface area contributed by atoms with Crippen LogP contribution in [0.15, 0.2) is 79.0 Å². The fourth-order valence-electron chi connectivity index (χ4n) is 4.96. The maximum atomic E-state index is 6.14. The van der Waals surface area contributed by atoms with E-state index in [-0.39, 0.29) is 0 Å². The van der Waals surface area contributed by atoms with E-state index >= 15 is 0 Å². The minimum Gasteiger partial charge on any atom is -0.379 e. The van der Waals surface area contributed by atoms with Crippen molar-refractivity contribution in [2.75, 3.05) is 65.8 Å². The summed E-state index contributed by atoms with van der Waals surface area (Å²) in [5.74, 6) is 0. The maximum absolute atomic E-state index is 6.14. The molecule has 1 aliphatic rings. The largest absolute Gasteiger partial charge is 0.379 e. The molecule has 4 aromatic rings. The summed E-state index contributed by atoms with van der Waals surface area (Å²) in [6, 6.07) is 25.8. The molecule has 194 valence electrons. The van der Waals surface area contributed by atoms with Crippen LogP contribution in [0, 0.1) is 0 Å². The predicted octanol–water partition coefficient (Wildman–Crippen LogP) is 4.76. The first kappa shape index (κ1) is 25.8. The van der Waals surface area contributed by atoms with E-state index in [1.807, 2.05) is 18.3 Å². The number of ether oxygens (including phenoxy) is 3. The molecule has 37 heavy (non-hydrogen) atoms. The van der Waals surface area contributed by atoms with Gasteiger partial charge >= 0.3 is 0 Å². The van der Waals surface area contributed by atoms with Gasteiger partial charge in [0, 0.05) is 45.5 Å². The summed E-state index contributed by atoms with van der Waals surface area (Å²) < 4.78 is 17.9. The zero-order valence-corrected chi connectivity index (χ0v) is 21.6. The van der Waals surface area contributed by atoms with Gasteiger partial charge in [-0.2, -0.15) is 0 Å². The summed E-state index contributed by atoms with van der Waals surface area (Å²) in [7, 11) is 0. The SMILES string of the molecule is c1ccc(CN2CCOCCOCCN(Cc3c4ccccc4cc4ccccc34)CCOCC2)nc1. The van der Waals surface area contributed by atoms with Crippen LogP contribution >= 0.6 is 0 Å². The highest BCUT2D eigenvalue weighted by Crippen LogP contribution is 2.29. The number of fused-ring (bicyclic) bond motifs is 2. The molecule has 0 aliphatic carbocycles. The lowest BCUT2D eigenvalue weighted by molar-refractivity contribution is 0.0310. The Morgan fingerprint density at radius 1 is 0.568 bits per heavy atom. The number of hydrogen-bond donors (Lipinski definition) is 0. The third-order valence-corrected chi connectivity index (χ3v) is 6.96. The van der Waals surface area contributed by atoms with Gasteiger partial charge in [0.25, 0.3) is 0 Å². The fourth-order valence-corrected chi connectivity index (χ4v) is 4.96. The standard InChI is InChI=1S/C31H37N3O3/c1-3-10-29-26(7-1)23-27-8-2-4-11-30(27)31(29)25-34-15-18-35-17-13-33(24-28-9-5-6-12-32-28)14-19-36-21-22-37-20-16-34/h1-12,23H,13-22,24-25H2. The Kier molecular flexibility index (Phi) is 9.48. The maximum Gasteiger partial charge on any atom is 0.0701 e. The third kappa shape index (κ3) is 7.34. The van der Waals surface area contributed by atoms with Crippen molar-refractivity contribution in [2.24, 2.45) is 0 Å². The molecular weight excluding hydrogens is 462 g/mol. The highest BCUT2D eigenvalue weighted by Gasteiger charge is 2.14. The highest BCUT2D eigenvalue weighted by molar-refractivity contribution is 6.02.